The highest BCUT2D eigenvalue weighted by atomic mass is 16.1. The molecule has 0 radical (unpaired) electrons. The van der Waals surface area contributed by atoms with Crippen LogP contribution in [0.15, 0.2) is 12.5 Å². The molecule has 112 valence electrons. The number of carbonyl (C=O) groups excluding carboxylic acids is 1. The Labute approximate surface area is 120 Å². The molecule has 0 aromatic carbocycles. The van der Waals surface area contributed by atoms with Gasteiger partial charge in [-0.25, -0.2) is 4.98 Å². The van der Waals surface area contributed by atoms with Crippen molar-refractivity contribution in [2.75, 3.05) is 32.7 Å². The minimum absolute atomic E-state index is 0.0845. The van der Waals surface area contributed by atoms with Crippen molar-refractivity contribution in [3.63, 3.8) is 0 Å². The van der Waals surface area contributed by atoms with Gasteiger partial charge in [0.05, 0.1) is 6.33 Å². The highest BCUT2D eigenvalue weighted by Gasteiger charge is 2.19. The van der Waals surface area contributed by atoms with Crippen molar-refractivity contribution >= 4 is 5.91 Å². The minimum Gasteiger partial charge on any atom is -0.350 e. The van der Waals surface area contributed by atoms with Crippen molar-refractivity contribution in [1.29, 1.82) is 0 Å². The highest BCUT2D eigenvalue weighted by Crippen LogP contribution is 2.15. The lowest BCUT2D eigenvalue weighted by Crippen LogP contribution is -2.38. The molecule has 0 atom stereocenters. The van der Waals surface area contributed by atoms with Gasteiger partial charge < -0.3 is 20.5 Å². The van der Waals surface area contributed by atoms with E-state index < -0.39 is 0 Å². The Morgan fingerprint density at radius 1 is 1.50 bits per heavy atom. The smallest absolute Gasteiger partial charge is 0.271 e. The van der Waals surface area contributed by atoms with Gasteiger partial charge >= 0.3 is 0 Å². The molecule has 2 rings (SSSR count). The Hall–Kier alpha value is -1.40. The first-order chi connectivity index (χ1) is 9.72. The fourth-order valence-corrected chi connectivity index (χ4v) is 2.58. The quantitative estimate of drug-likeness (QED) is 0.785. The van der Waals surface area contributed by atoms with Crippen LogP contribution in [0.1, 0.15) is 30.3 Å². The van der Waals surface area contributed by atoms with Gasteiger partial charge in [0.15, 0.2) is 0 Å². The summed E-state index contributed by atoms with van der Waals surface area (Å²) in [6.07, 6.45) is 5.73. The van der Waals surface area contributed by atoms with Crippen LogP contribution >= 0.6 is 0 Å². The Morgan fingerprint density at radius 2 is 2.25 bits per heavy atom. The third-order valence-corrected chi connectivity index (χ3v) is 3.96. The normalized spacial score (nSPS) is 17.3. The summed E-state index contributed by atoms with van der Waals surface area (Å²) in [5.74, 6) is 0.506. The van der Waals surface area contributed by atoms with Gasteiger partial charge in [-0.1, -0.05) is 6.92 Å². The van der Waals surface area contributed by atoms with Crippen molar-refractivity contribution in [3.8, 4) is 0 Å². The van der Waals surface area contributed by atoms with E-state index in [1.165, 1.54) is 0 Å². The molecule has 1 aromatic heterocycles. The Kier molecular flexibility index (Phi) is 5.55. The summed E-state index contributed by atoms with van der Waals surface area (Å²) < 4.78 is 1.84. The summed E-state index contributed by atoms with van der Waals surface area (Å²) >= 11 is 0. The van der Waals surface area contributed by atoms with E-state index in [2.05, 4.69) is 22.1 Å². The van der Waals surface area contributed by atoms with Gasteiger partial charge in [0, 0.05) is 25.8 Å². The van der Waals surface area contributed by atoms with E-state index >= 15 is 0 Å². The lowest BCUT2D eigenvalue weighted by Gasteiger charge is -2.30. The van der Waals surface area contributed by atoms with Crippen molar-refractivity contribution in [2.45, 2.75) is 26.3 Å². The zero-order valence-electron chi connectivity index (χ0n) is 12.2. The Balaban J connectivity index is 1.74. The molecule has 2 heterocycles. The molecular formula is C14H25N5O. The maximum atomic E-state index is 12.0. The molecule has 0 saturated carbocycles. The molecule has 20 heavy (non-hydrogen) atoms. The van der Waals surface area contributed by atoms with Crippen LogP contribution in [0.2, 0.25) is 0 Å². The zero-order valence-corrected chi connectivity index (χ0v) is 12.2. The average molecular weight is 279 g/mol. The largest absolute Gasteiger partial charge is 0.350 e. The van der Waals surface area contributed by atoms with Crippen LogP contribution in [0, 0.1) is 5.92 Å². The number of nitrogens with two attached hydrogens (primary N) is 1. The molecule has 1 aromatic rings. The predicted octanol–water partition coefficient (Wildman–Crippen LogP) is 0.304. The number of amides is 1. The second-order valence-corrected chi connectivity index (χ2v) is 5.37. The minimum atomic E-state index is -0.0845. The number of carbonyl (C=O) groups is 1. The van der Waals surface area contributed by atoms with E-state index in [9.17, 15) is 4.79 Å². The van der Waals surface area contributed by atoms with E-state index in [-0.39, 0.29) is 5.91 Å². The van der Waals surface area contributed by atoms with Crippen molar-refractivity contribution < 1.29 is 4.79 Å². The van der Waals surface area contributed by atoms with Crippen LogP contribution in [0.5, 0.6) is 0 Å². The van der Waals surface area contributed by atoms with Gasteiger partial charge in [0.25, 0.3) is 5.91 Å². The number of hydrogen-bond acceptors (Lipinski definition) is 4. The highest BCUT2D eigenvalue weighted by molar-refractivity contribution is 5.91. The first-order valence-corrected chi connectivity index (χ1v) is 7.45. The number of hydrogen-bond donors (Lipinski definition) is 2. The topological polar surface area (TPSA) is 76.2 Å². The number of piperidine rings is 1. The van der Waals surface area contributed by atoms with E-state index in [0.29, 0.717) is 24.7 Å². The molecule has 1 amide bonds. The van der Waals surface area contributed by atoms with Gasteiger partial charge in [0.1, 0.15) is 5.69 Å². The molecule has 0 aliphatic carbocycles. The summed E-state index contributed by atoms with van der Waals surface area (Å²) in [6, 6.07) is 0. The molecule has 6 heteroatoms. The number of nitrogens with zero attached hydrogens (tertiary/aromatic N) is 3. The van der Waals surface area contributed by atoms with Crippen LogP contribution in [0.25, 0.3) is 0 Å². The second-order valence-electron chi connectivity index (χ2n) is 5.37. The van der Waals surface area contributed by atoms with Crippen LogP contribution in [0.3, 0.4) is 0 Å². The van der Waals surface area contributed by atoms with Gasteiger partial charge in [-0.3, -0.25) is 4.79 Å². The number of rotatable bonds is 6. The summed E-state index contributed by atoms with van der Waals surface area (Å²) in [6.45, 7) is 7.59. The molecule has 1 saturated heterocycles. The van der Waals surface area contributed by atoms with E-state index in [1.807, 2.05) is 4.57 Å². The molecule has 3 N–H and O–H groups in total. The fraction of sp³-hybridized carbons (Fsp3) is 0.714. The van der Waals surface area contributed by atoms with Crippen LogP contribution in [0.4, 0.5) is 0 Å². The van der Waals surface area contributed by atoms with E-state index in [4.69, 9.17) is 5.73 Å². The maximum Gasteiger partial charge on any atom is 0.271 e. The van der Waals surface area contributed by atoms with Crippen molar-refractivity contribution in [2.24, 2.45) is 11.7 Å². The molecule has 0 unspecified atom stereocenters. The Morgan fingerprint density at radius 3 is 2.90 bits per heavy atom. The lowest BCUT2D eigenvalue weighted by atomic mass is 9.97. The van der Waals surface area contributed by atoms with Gasteiger partial charge in [-0.2, -0.15) is 0 Å². The van der Waals surface area contributed by atoms with E-state index in [0.717, 1.165) is 39.0 Å². The zero-order chi connectivity index (χ0) is 14.4. The summed E-state index contributed by atoms with van der Waals surface area (Å²) in [7, 11) is 0. The molecule has 0 bridgehead atoms. The van der Waals surface area contributed by atoms with Crippen molar-refractivity contribution in [1.82, 2.24) is 19.8 Å². The number of likely N-dealkylation sites (tertiary alicyclic amines) is 1. The van der Waals surface area contributed by atoms with Gasteiger partial charge in [0.2, 0.25) is 0 Å². The number of imidazole rings is 1. The van der Waals surface area contributed by atoms with Gasteiger partial charge in [-0.15, -0.1) is 0 Å². The number of nitrogens with one attached hydrogen (secondary N) is 1. The summed E-state index contributed by atoms with van der Waals surface area (Å²) in [5, 5.41) is 2.99. The van der Waals surface area contributed by atoms with Crippen molar-refractivity contribution in [3.05, 3.63) is 18.2 Å². The van der Waals surface area contributed by atoms with Gasteiger partial charge in [-0.05, 0) is 38.4 Å². The average Bonchev–Trinajstić information content (AvgIpc) is 2.94. The van der Waals surface area contributed by atoms with Crippen LogP contribution in [-0.2, 0) is 6.54 Å². The maximum absolute atomic E-state index is 12.0. The lowest BCUT2D eigenvalue weighted by molar-refractivity contribution is 0.0932. The standard InChI is InChI=1S/C14H25N5O/c1-2-18-6-3-12(4-7-18)9-16-14(20)13-10-19(8-5-15)11-17-13/h10-12H,2-9,15H2,1H3,(H,16,20). The summed E-state index contributed by atoms with van der Waals surface area (Å²) in [4.78, 5) is 18.6. The molecule has 0 spiro atoms. The Bertz CT molecular complexity index is 423. The third-order valence-electron chi connectivity index (χ3n) is 3.96. The first kappa shape index (κ1) is 15.0. The number of aromatic nitrogens is 2. The predicted molar refractivity (Wildman–Crippen MR) is 78.5 cm³/mol. The molecule has 1 aliphatic heterocycles. The van der Waals surface area contributed by atoms with Crippen LogP contribution < -0.4 is 11.1 Å². The molecular weight excluding hydrogens is 254 g/mol. The summed E-state index contributed by atoms with van der Waals surface area (Å²) in [5.41, 5.74) is 5.95. The fourth-order valence-electron chi connectivity index (χ4n) is 2.58. The van der Waals surface area contributed by atoms with Crippen LogP contribution in [-0.4, -0.2) is 53.1 Å². The SMILES string of the molecule is CCN1CCC(CNC(=O)c2cn(CCN)cn2)CC1. The molecule has 1 aliphatic rings. The molecule has 6 nitrogen and oxygen atoms in total. The first-order valence-electron chi connectivity index (χ1n) is 7.45. The monoisotopic (exact) mass is 279 g/mol. The third kappa shape index (κ3) is 4.05. The second kappa shape index (κ2) is 7.40. The van der Waals surface area contributed by atoms with E-state index in [1.54, 1.807) is 12.5 Å². The molecule has 1 fully saturated rings.